The van der Waals surface area contributed by atoms with Gasteiger partial charge in [-0.05, 0) is 17.0 Å². The molecule has 0 bridgehead atoms. The van der Waals surface area contributed by atoms with Gasteiger partial charge in [0.15, 0.2) is 0 Å². The average molecular weight is 201 g/mol. The number of aromatic amines is 1. The summed E-state index contributed by atoms with van der Waals surface area (Å²) in [6.45, 7) is 6.55. The molecule has 3 heteroatoms. The van der Waals surface area contributed by atoms with Crippen LogP contribution in [0.4, 0.5) is 0 Å². The van der Waals surface area contributed by atoms with Crippen molar-refractivity contribution in [3.63, 3.8) is 0 Å². The molecule has 0 radical (unpaired) electrons. The van der Waals surface area contributed by atoms with Gasteiger partial charge in [-0.15, -0.1) is 0 Å². The van der Waals surface area contributed by atoms with Gasteiger partial charge in [-0.25, -0.2) is 0 Å². The van der Waals surface area contributed by atoms with Crippen LogP contribution in [0.25, 0.3) is 11.3 Å². The first-order valence-corrected chi connectivity index (χ1v) is 5.03. The van der Waals surface area contributed by atoms with Gasteiger partial charge in [0.05, 0.1) is 11.9 Å². The fraction of sp³-hybridized carbons (Fsp3) is 0.333. The van der Waals surface area contributed by atoms with Crippen molar-refractivity contribution < 1.29 is 0 Å². The van der Waals surface area contributed by atoms with Crippen molar-refractivity contribution in [1.29, 1.82) is 0 Å². The van der Waals surface area contributed by atoms with Crippen molar-refractivity contribution in [2.24, 2.45) is 0 Å². The number of rotatable bonds is 1. The molecule has 15 heavy (non-hydrogen) atoms. The van der Waals surface area contributed by atoms with E-state index >= 15 is 0 Å². The number of nitrogens with one attached hydrogen (secondary N) is 1. The molecule has 2 heterocycles. The number of hydrogen-bond acceptors (Lipinski definition) is 2. The maximum atomic E-state index is 4.43. The maximum Gasteiger partial charge on any atom is 0.0733 e. The predicted octanol–water partition coefficient (Wildman–Crippen LogP) is 2.77. The van der Waals surface area contributed by atoms with Crippen LogP contribution in [-0.2, 0) is 5.41 Å². The van der Waals surface area contributed by atoms with Gasteiger partial charge in [0.1, 0.15) is 0 Å². The zero-order chi connectivity index (χ0) is 10.9. The zero-order valence-electron chi connectivity index (χ0n) is 9.28. The summed E-state index contributed by atoms with van der Waals surface area (Å²) >= 11 is 0. The largest absolute Gasteiger partial charge is 0.285 e. The number of H-pyrrole nitrogens is 1. The molecule has 0 amide bonds. The fourth-order valence-corrected chi connectivity index (χ4v) is 1.40. The first kappa shape index (κ1) is 9.90. The Kier molecular flexibility index (Phi) is 2.31. The van der Waals surface area contributed by atoms with Gasteiger partial charge in [-0.2, -0.15) is 5.10 Å². The van der Waals surface area contributed by atoms with Crippen molar-refractivity contribution in [2.45, 2.75) is 26.2 Å². The third-order valence-electron chi connectivity index (χ3n) is 2.42. The maximum absolute atomic E-state index is 4.43. The van der Waals surface area contributed by atoms with E-state index in [9.17, 15) is 0 Å². The Hall–Kier alpha value is -1.64. The second kappa shape index (κ2) is 3.50. The quantitative estimate of drug-likeness (QED) is 0.770. The summed E-state index contributed by atoms with van der Waals surface area (Å²) in [5.74, 6) is 0. The van der Waals surface area contributed by atoms with Gasteiger partial charge in [0, 0.05) is 18.0 Å². The minimum atomic E-state index is 0.155. The Morgan fingerprint density at radius 1 is 1.13 bits per heavy atom. The minimum Gasteiger partial charge on any atom is -0.285 e. The lowest BCUT2D eigenvalue weighted by molar-refractivity contribution is 0.587. The molecule has 0 fully saturated rings. The standard InChI is InChI=1S/C12H15N3/c1-12(2,3)10-4-5-11(13-8-10)9-6-14-15-7-9/h4-8H,1-3H3,(H,14,15). The summed E-state index contributed by atoms with van der Waals surface area (Å²) < 4.78 is 0. The Bertz CT molecular complexity index is 421. The van der Waals surface area contributed by atoms with Crippen molar-refractivity contribution in [3.8, 4) is 11.3 Å². The average Bonchev–Trinajstić information content (AvgIpc) is 2.69. The summed E-state index contributed by atoms with van der Waals surface area (Å²) in [7, 11) is 0. The van der Waals surface area contributed by atoms with E-state index in [1.165, 1.54) is 5.56 Å². The van der Waals surface area contributed by atoms with Gasteiger partial charge in [-0.1, -0.05) is 26.8 Å². The third kappa shape index (κ3) is 2.06. The predicted molar refractivity (Wildman–Crippen MR) is 60.5 cm³/mol. The molecule has 0 aliphatic rings. The van der Waals surface area contributed by atoms with Crippen molar-refractivity contribution in [2.75, 3.05) is 0 Å². The molecule has 0 atom stereocenters. The molecule has 0 saturated carbocycles. The molecule has 2 rings (SSSR count). The molecule has 0 aliphatic heterocycles. The number of nitrogens with zero attached hydrogens (tertiary/aromatic N) is 2. The molecule has 0 aliphatic carbocycles. The summed E-state index contributed by atoms with van der Waals surface area (Å²) in [6.07, 6.45) is 5.56. The SMILES string of the molecule is CC(C)(C)c1ccc(-c2cn[nH]c2)nc1. The first-order chi connectivity index (χ1) is 7.07. The first-order valence-electron chi connectivity index (χ1n) is 5.03. The Balaban J connectivity index is 2.33. The van der Waals surface area contributed by atoms with Crippen LogP contribution in [-0.4, -0.2) is 15.2 Å². The van der Waals surface area contributed by atoms with Gasteiger partial charge in [-0.3, -0.25) is 10.1 Å². The second-order valence-corrected chi connectivity index (χ2v) is 4.67. The van der Waals surface area contributed by atoms with E-state index in [2.05, 4.69) is 42.0 Å². The summed E-state index contributed by atoms with van der Waals surface area (Å²) in [5, 5.41) is 6.69. The topological polar surface area (TPSA) is 41.6 Å². The molecule has 1 N–H and O–H groups in total. The third-order valence-corrected chi connectivity index (χ3v) is 2.42. The van der Waals surface area contributed by atoms with Crippen LogP contribution < -0.4 is 0 Å². The highest BCUT2D eigenvalue weighted by atomic mass is 15.1. The smallest absolute Gasteiger partial charge is 0.0733 e. The number of hydrogen-bond donors (Lipinski definition) is 1. The fourth-order valence-electron chi connectivity index (χ4n) is 1.40. The second-order valence-electron chi connectivity index (χ2n) is 4.67. The summed E-state index contributed by atoms with van der Waals surface area (Å²) in [6, 6.07) is 4.15. The Morgan fingerprint density at radius 3 is 2.40 bits per heavy atom. The Labute approximate surface area is 89.6 Å². The molecule has 0 saturated heterocycles. The van der Waals surface area contributed by atoms with Gasteiger partial charge < -0.3 is 0 Å². The molecule has 2 aromatic rings. The van der Waals surface area contributed by atoms with Crippen LogP contribution in [0.5, 0.6) is 0 Å². The lowest BCUT2D eigenvalue weighted by atomic mass is 9.88. The van der Waals surface area contributed by atoms with Gasteiger partial charge in [0.2, 0.25) is 0 Å². The van der Waals surface area contributed by atoms with Crippen LogP contribution in [0, 0.1) is 0 Å². The molecule has 0 unspecified atom stereocenters. The summed E-state index contributed by atoms with van der Waals surface area (Å²) in [5.41, 5.74) is 3.38. The van der Waals surface area contributed by atoms with Crippen LogP contribution in [0.1, 0.15) is 26.3 Å². The highest BCUT2D eigenvalue weighted by molar-refractivity contribution is 5.56. The number of aromatic nitrogens is 3. The summed E-state index contributed by atoms with van der Waals surface area (Å²) in [4.78, 5) is 4.43. The highest BCUT2D eigenvalue weighted by Gasteiger charge is 2.13. The van der Waals surface area contributed by atoms with Crippen LogP contribution >= 0.6 is 0 Å². The van der Waals surface area contributed by atoms with Crippen LogP contribution in [0.2, 0.25) is 0 Å². The molecule has 78 valence electrons. The molecular formula is C12H15N3. The van der Waals surface area contributed by atoms with Crippen molar-refractivity contribution >= 4 is 0 Å². The molecule has 0 aromatic carbocycles. The van der Waals surface area contributed by atoms with Crippen molar-refractivity contribution in [1.82, 2.24) is 15.2 Å². The molecule has 0 spiro atoms. The normalized spacial score (nSPS) is 11.7. The minimum absolute atomic E-state index is 0.155. The highest BCUT2D eigenvalue weighted by Crippen LogP contribution is 2.23. The van der Waals surface area contributed by atoms with Crippen molar-refractivity contribution in [3.05, 3.63) is 36.3 Å². The lowest BCUT2D eigenvalue weighted by Gasteiger charge is -2.18. The van der Waals surface area contributed by atoms with E-state index in [0.29, 0.717) is 0 Å². The molecule has 3 nitrogen and oxygen atoms in total. The Morgan fingerprint density at radius 2 is 1.93 bits per heavy atom. The van der Waals surface area contributed by atoms with E-state index in [1.807, 2.05) is 18.5 Å². The number of pyridine rings is 1. The molecular weight excluding hydrogens is 186 g/mol. The van der Waals surface area contributed by atoms with E-state index in [-0.39, 0.29) is 5.41 Å². The van der Waals surface area contributed by atoms with E-state index in [4.69, 9.17) is 0 Å². The van der Waals surface area contributed by atoms with Gasteiger partial charge in [0.25, 0.3) is 0 Å². The lowest BCUT2D eigenvalue weighted by Crippen LogP contribution is -2.11. The zero-order valence-corrected chi connectivity index (χ0v) is 9.28. The van der Waals surface area contributed by atoms with Crippen LogP contribution in [0.15, 0.2) is 30.7 Å². The molecule has 2 aromatic heterocycles. The monoisotopic (exact) mass is 201 g/mol. The van der Waals surface area contributed by atoms with Gasteiger partial charge >= 0.3 is 0 Å². The van der Waals surface area contributed by atoms with E-state index < -0.39 is 0 Å². The van der Waals surface area contributed by atoms with Crippen LogP contribution in [0.3, 0.4) is 0 Å². The van der Waals surface area contributed by atoms with E-state index in [0.717, 1.165) is 11.3 Å². The van der Waals surface area contributed by atoms with E-state index in [1.54, 1.807) is 6.20 Å².